The Morgan fingerprint density at radius 1 is 1.59 bits per heavy atom. The molecule has 1 atom stereocenters. The first-order valence-corrected chi connectivity index (χ1v) is 5.33. The fourth-order valence-corrected chi connectivity index (χ4v) is 1.51. The lowest BCUT2D eigenvalue weighted by Gasteiger charge is -2.17. The van der Waals surface area contributed by atoms with Crippen LogP contribution in [0.25, 0.3) is 0 Å². The molecule has 4 N–H and O–H groups in total. The average Bonchev–Trinajstić information content (AvgIpc) is 2.33. The molecule has 0 radical (unpaired) electrons. The van der Waals surface area contributed by atoms with E-state index in [1.165, 1.54) is 0 Å². The van der Waals surface area contributed by atoms with Gasteiger partial charge >= 0.3 is 0 Å². The summed E-state index contributed by atoms with van der Waals surface area (Å²) in [6.45, 7) is 0.389. The van der Waals surface area contributed by atoms with Crippen LogP contribution in [0.3, 0.4) is 0 Å². The SMILES string of the molecule is COCC(CO)Nc1ccc(N)c(CC#N)c1. The molecule has 0 aromatic heterocycles. The third-order valence-electron chi connectivity index (χ3n) is 2.37. The van der Waals surface area contributed by atoms with Gasteiger partial charge in [-0.2, -0.15) is 5.26 Å². The van der Waals surface area contributed by atoms with Gasteiger partial charge < -0.3 is 20.9 Å². The van der Waals surface area contributed by atoms with Crippen LogP contribution in [0.2, 0.25) is 0 Å². The van der Waals surface area contributed by atoms with E-state index < -0.39 is 0 Å². The minimum atomic E-state index is -0.168. The van der Waals surface area contributed by atoms with Crippen LogP contribution in [0.5, 0.6) is 0 Å². The van der Waals surface area contributed by atoms with Gasteiger partial charge in [-0.25, -0.2) is 0 Å². The fraction of sp³-hybridized carbons (Fsp3) is 0.417. The molecule has 0 amide bonds. The van der Waals surface area contributed by atoms with Crippen molar-refractivity contribution in [1.29, 1.82) is 5.26 Å². The van der Waals surface area contributed by atoms with Crippen LogP contribution < -0.4 is 11.1 Å². The van der Waals surface area contributed by atoms with Crippen LogP contribution in [-0.2, 0) is 11.2 Å². The summed E-state index contributed by atoms with van der Waals surface area (Å²) in [4.78, 5) is 0. The van der Waals surface area contributed by atoms with Crippen LogP contribution in [-0.4, -0.2) is 31.5 Å². The number of anilines is 2. The zero-order chi connectivity index (χ0) is 12.7. The molecule has 17 heavy (non-hydrogen) atoms. The highest BCUT2D eigenvalue weighted by Crippen LogP contribution is 2.18. The van der Waals surface area contributed by atoms with Crippen molar-refractivity contribution in [3.63, 3.8) is 0 Å². The van der Waals surface area contributed by atoms with Crippen molar-refractivity contribution >= 4 is 11.4 Å². The molecule has 0 heterocycles. The molecule has 0 bridgehead atoms. The van der Waals surface area contributed by atoms with Gasteiger partial charge in [0.1, 0.15) is 0 Å². The molecule has 1 rings (SSSR count). The first-order chi connectivity index (χ1) is 8.21. The van der Waals surface area contributed by atoms with Crippen molar-refractivity contribution < 1.29 is 9.84 Å². The van der Waals surface area contributed by atoms with E-state index >= 15 is 0 Å². The van der Waals surface area contributed by atoms with Gasteiger partial charge in [-0.3, -0.25) is 0 Å². The van der Waals surface area contributed by atoms with E-state index in [1.54, 1.807) is 13.2 Å². The summed E-state index contributed by atoms with van der Waals surface area (Å²) < 4.78 is 4.97. The van der Waals surface area contributed by atoms with Gasteiger partial charge in [0, 0.05) is 18.5 Å². The Hall–Kier alpha value is -1.77. The summed E-state index contributed by atoms with van der Waals surface area (Å²) in [6, 6.07) is 7.27. The maximum absolute atomic E-state index is 9.13. The summed E-state index contributed by atoms with van der Waals surface area (Å²) in [5, 5.41) is 20.9. The van der Waals surface area contributed by atoms with Gasteiger partial charge in [0.25, 0.3) is 0 Å². The summed E-state index contributed by atoms with van der Waals surface area (Å²) in [5.41, 5.74) is 7.95. The maximum atomic E-state index is 9.13. The highest BCUT2D eigenvalue weighted by molar-refractivity contribution is 5.58. The summed E-state index contributed by atoms with van der Waals surface area (Å²) in [6.07, 6.45) is 0.273. The first kappa shape index (κ1) is 13.3. The molecule has 0 spiro atoms. The second-order valence-electron chi connectivity index (χ2n) is 3.73. The van der Waals surface area contributed by atoms with Gasteiger partial charge in [0.05, 0.1) is 31.7 Å². The van der Waals surface area contributed by atoms with Crippen LogP contribution in [0.1, 0.15) is 5.56 Å². The van der Waals surface area contributed by atoms with Crippen molar-refractivity contribution in [2.45, 2.75) is 12.5 Å². The summed E-state index contributed by atoms with van der Waals surface area (Å²) in [7, 11) is 1.58. The number of ether oxygens (including phenoxy) is 1. The number of aliphatic hydroxyl groups excluding tert-OH is 1. The number of rotatable bonds is 6. The standard InChI is InChI=1S/C12H17N3O2/c1-17-8-11(7-16)15-10-2-3-12(14)9(6-10)4-5-13/h2-3,6,11,15-16H,4,7-8,14H2,1H3. The zero-order valence-corrected chi connectivity index (χ0v) is 9.81. The van der Waals surface area contributed by atoms with E-state index in [1.807, 2.05) is 12.1 Å². The number of benzene rings is 1. The Bertz CT molecular complexity index is 401. The van der Waals surface area contributed by atoms with Gasteiger partial charge in [0.2, 0.25) is 0 Å². The maximum Gasteiger partial charge on any atom is 0.0725 e. The molecule has 0 fully saturated rings. The molecule has 1 unspecified atom stereocenters. The van der Waals surface area contributed by atoms with Crippen LogP contribution >= 0.6 is 0 Å². The topological polar surface area (TPSA) is 91.3 Å². The van der Waals surface area contributed by atoms with Crippen molar-refractivity contribution in [1.82, 2.24) is 0 Å². The van der Waals surface area contributed by atoms with Gasteiger partial charge in [-0.05, 0) is 23.8 Å². The third kappa shape index (κ3) is 3.94. The molecular weight excluding hydrogens is 218 g/mol. The Kier molecular flexibility index (Phi) is 5.27. The lowest BCUT2D eigenvalue weighted by atomic mass is 10.1. The monoisotopic (exact) mass is 235 g/mol. The lowest BCUT2D eigenvalue weighted by molar-refractivity contribution is 0.153. The molecule has 5 nitrogen and oxygen atoms in total. The number of nitrogens with two attached hydrogens (primary N) is 1. The van der Waals surface area contributed by atoms with E-state index in [2.05, 4.69) is 11.4 Å². The summed E-state index contributed by atoms with van der Waals surface area (Å²) in [5.74, 6) is 0. The quantitative estimate of drug-likeness (QED) is 0.633. The van der Waals surface area contributed by atoms with Crippen LogP contribution in [0, 0.1) is 11.3 Å². The van der Waals surface area contributed by atoms with Gasteiger partial charge in [-0.15, -0.1) is 0 Å². The zero-order valence-electron chi connectivity index (χ0n) is 9.81. The number of methoxy groups -OCH3 is 1. The molecule has 5 heteroatoms. The van der Waals surface area contributed by atoms with E-state index in [4.69, 9.17) is 20.8 Å². The fourth-order valence-electron chi connectivity index (χ4n) is 1.51. The molecule has 1 aromatic rings. The molecule has 0 saturated carbocycles. The normalized spacial score (nSPS) is 11.8. The minimum Gasteiger partial charge on any atom is -0.398 e. The largest absolute Gasteiger partial charge is 0.398 e. The number of hydrogen-bond donors (Lipinski definition) is 3. The number of nitriles is 1. The predicted octanol–water partition coefficient (Wildman–Crippen LogP) is 0.754. The van der Waals surface area contributed by atoms with Gasteiger partial charge in [0.15, 0.2) is 0 Å². The van der Waals surface area contributed by atoms with Crippen molar-refractivity contribution in [2.24, 2.45) is 0 Å². The Labute approximate surface area is 101 Å². The van der Waals surface area contributed by atoms with Crippen molar-refractivity contribution in [3.05, 3.63) is 23.8 Å². The highest BCUT2D eigenvalue weighted by atomic mass is 16.5. The molecule has 0 aliphatic rings. The molecule has 0 saturated heterocycles. The minimum absolute atomic E-state index is 0.0220. The van der Waals surface area contributed by atoms with Gasteiger partial charge in [-0.1, -0.05) is 0 Å². The number of nitrogens with zero attached hydrogens (tertiary/aromatic N) is 1. The Morgan fingerprint density at radius 3 is 2.94 bits per heavy atom. The first-order valence-electron chi connectivity index (χ1n) is 5.33. The van der Waals surface area contributed by atoms with E-state index in [0.29, 0.717) is 12.3 Å². The highest BCUT2D eigenvalue weighted by Gasteiger charge is 2.07. The average molecular weight is 235 g/mol. The van der Waals surface area contributed by atoms with E-state index in [9.17, 15) is 0 Å². The van der Waals surface area contributed by atoms with E-state index in [0.717, 1.165) is 11.3 Å². The number of nitrogens with one attached hydrogen (secondary N) is 1. The molecule has 92 valence electrons. The van der Waals surface area contributed by atoms with Crippen molar-refractivity contribution in [2.75, 3.05) is 31.4 Å². The smallest absolute Gasteiger partial charge is 0.0725 e. The molecule has 0 aliphatic carbocycles. The number of nitrogen functional groups attached to an aromatic ring is 1. The second kappa shape index (κ2) is 6.74. The molecule has 1 aromatic carbocycles. The second-order valence-corrected chi connectivity index (χ2v) is 3.73. The lowest BCUT2D eigenvalue weighted by Crippen LogP contribution is -2.28. The Balaban J connectivity index is 2.77. The van der Waals surface area contributed by atoms with Crippen LogP contribution in [0.4, 0.5) is 11.4 Å². The number of aliphatic hydroxyl groups is 1. The number of hydrogen-bond acceptors (Lipinski definition) is 5. The Morgan fingerprint density at radius 2 is 2.35 bits per heavy atom. The van der Waals surface area contributed by atoms with Crippen LogP contribution in [0.15, 0.2) is 18.2 Å². The molecule has 0 aliphatic heterocycles. The predicted molar refractivity (Wildman–Crippen MR) is 66.5 cm³/mol. The molecular formula is C12H17N3O2. The van der Waals surface area contributed by atoms with Crippen molar-refractivity contribution in [3.8, 4) is 6.07 Å². The van der Waals surface area contributed by atoms with E-state index in [-0.39, 0.29) is 19.1 Å². The third-order valence-corrected chi connectivity index (χ3v) is 2.37. The summed E-state index contributed by atoms with van der Waals surface area (Å²) >= 11 is 0.